The van der Waals surface area contributed by atoms with E-state index in [9.17, 15) is 4.79 Å². The highest BCUT2D eigenvalue weighted by atomic mass is 16.5. The first kappa shape index (κ1) is 12.3. The van der Waals surface area contributed by atoms with Crippen LogP contribution in [-0.4, -0.2) is 18.5 Å². The highest BCUT2D eigenvalue weighted by Crippen LogP contribution is 2.28. The number of benzene rings is 1. The smallest absolute Gasteiger partial charge is 0.168 e. The first-order valence-electron chi connectivity index (χ1n) is 6.36. The lowest BCUT2D eigenvalue weighted by atomic mass is 9.88. The van der Waals surface area contributed by atoms with Gasteiger partial charge in [0.2, 0.25) is 0 Å². The Balaban J connectivity index is 2.27. The van der Waals surface area contributed by atoms with E-state index in [1.165, 1.54) is 0 Å². The molecule has 0 bridgehead atoms. The molecular formula is C15H20O2. The number of rotatable bonds is 3. The predicted molar refractivity (Wildman–Crippen MR) is 68.4 cm³/mol. The molecule has 0 amide bonds. The summed E-state index contributed by atoms with van der Waals surface area (Å²) in [4.78, 5) is 12.5. The van der Waals surface area contributed by atoms with Gasteiger partial charge in [0.1, 0.15) is 0 Å². The number of carbonyl (C=O) groups excluding carboxylic acids is 1. The maximum absolute atomic E-state index is 12.5. The third-order valence-electron chi connectivity index (χ3n) is 3.61. The molecule has 2 nitrogen and oxygen atoms in total. The number of hydrogen-bond donors (Lipinski definition) is 0. The molecule has 2 unspecified atom stereocenters. The number of hydrogen-bond acceptors (Lipinski definition) is 2. The van der Waals surface area contributed by atoms with Crippen molar-refractivity contribution < 1.29 is 9.53 Å². The second-order valence-corrected chi connectivity index (χ2v) is 4.90. The molecule has 92 valence electrons. The van der Waals surface area contributed by atoms with Gasteiger partial charge >= 0.3 is 0 Å². The lowest BCUT2D eigenvalue weighted by Crippen LogP contribution is -2.24. The summed E-state index contributed by atoms with van der Waals surface area (Å²) in [7, 11) is 0. The van der Waals surface area contributed by atoms with Crippen molar-refractivity contribution in [1.82, 2.24) is 0 Å². The highest BCUT2D eigenvalue weighted by Gasteiger charge is 2.33. The Morgan fingerprint density at radius 2 is 2.18 bits per heavy atom. The maximum Gasteiger partial charge on any atom is 0.168 e. The van der Waals surface area contributed by atoms with Crippen molar-refractivity contribution in [1.29, 1.82) is 0 Å². The molecule has 0 saturated carbocycles. The lowest BCUT2D eigenvalue weighted by Gasteiger charge is -2.17. The number of Topliss-reactive ketones (excluding diaryl/α,β-unsaturated/α-hetero) is 1. The van der Waals surface area contributed by atoms with E-state index in [-0.39, 0.29) is 17.8 Å². The Morgan fingerprint density at radius 1 is 1.41 bits per heavy atom. The fraction of sp³-hybridized carbons (Fsp3) is 0.533. The largest absolute Gasteiger partial charge is 0.377 e. The predicted octanol–water partition coefficient (Wildman–Crippen LogP) is 3.30. The lowest BCUT2D eigenvalue weighted by molar-refractivity contribution is 0.0688. The molecule has 1 aliphatic rings. The summed E-state index contributed by atoms with van der Waals surface area (Å²) in [5.74, 6) is 0.316. The molecule has 1 saturated heterocycles. The van der Waals surface area contributed by atoms with E-state index < -0.39 is 0 Å². The van der Waals surface area contributed by atoms with Crippen LogP contribution in [0.5, 0.6) is 0 Å². The number of aryl methyl sites for hydroxylation is 2. The van der Waals surface area contributed by atoms with Gasteiger partial charge in [-0.3, -0.25) is 4.79 Å². The molecule has 0 spiro atoms. The van der Waals surface area contributed by atoms with Crippen LogP contribution in [0.4, 0.5) is 0 Å². The molecule has 2 atom stereocenters. The van der Waals surface area contributed by atoms with Gasteiger partial charge in [-0.15, -0.1) is 0 Å². The number of carbonyl (C=O) groups is 1. The highest BCUT2D eigenvalue weighted by molar-refractivity contribution is 5.99. The van der Waals surface area contributed by atoms with Gasteiger partial charge in [0.25, 0.3) is 0 Å². The van der Waals surface area contributed by atoms with Crippen molar-refractivity contribution in [2.75, 3.05) is 6.61 Å². The Labute approximate surface area is 103 Å². The van der Waals surface area contributed by atoms with Gasteiger partial charge in [0.05, 0.1) is 12.0 Å². The molecular weight excluding hydrogens is 212 g/mol. The minimum atomic E-state index is 0.0560. The van der Waals surface area contributed by atoms with E-state index in [1.54, 1.807) is 0 Å². The van der Waals surface area contributed by atoms with Crippen LogP contribution in [0.3, 0.4) is 0 Å². The SMILES string of the molecule is CCC1OCCC1C(=O)c1cc(C)ccc1C. The Morgan fingerprint density at radius 3 is 2.88 bits per heavy atom. The Kier molecular flexibility index (Phi) is 3.63. The van der Waals surface area contributed by atoms with Crippen LogP contribution in [0.15, 0.2) is 18.2 Å². The van der Waals surface area contributed by atoms with Gasteiger partial charge in [0.15, 0.2) is 5.78 Å². The third-order valence-corrected chi connectivity index (χ3v) is 3.61. The van der Waals surface area contributed by atoms with E-state index in [1.807, 2.05) is 26.0 Å². The molecule has 0 aromatic heterocycles. The molecule has 2 rings (SSSR count). The monoisotopic (exact) mass is 232 g/mol. The average Bonchev–Trinajstić information content (AvgIpc) is 2.79. The Bertz CT molecular complexity index is 423. The zero-order valence-corrected chi connectivity index (χ0v) is 10.8. The first-order chi connectivity index (χ1) is 8.13. The van der Waals surface area contributed by atoms with Crippen molar-refractivity contribution in [2.45, 2.75) is 39.7 Å². The molecule has 1 fully saturated rings. The molecule has 0 N–H and O–H groups in total. The maximum atomic E-state index is 12.5. The quantitative estimate of drug-likeness (QED) is 0.747. The van der Waals surface area contributed by atoms with Gasteiger partial charge in [-0.25, -0.2) is 0 Å². The summed E-state index contributed by atoms with van der Waals surface area (Å²) < 4.78 is 5.61. The van der Waals surface area contributed by atoms with Crippen LogP contribution in [0.25, 0.3) is 0 Å². The average molecular weight is 232 g/mol. The molecule has 0 radical (unpaired) electrons. The van der Waals surface area contributed by atoms with Crippen molar-refractivity contribution in [3.05, 3.63) is 34.9 Å². The second kappa shape index (κ2) is 5.01. The molecule has 2 heteroatoms. The summed E-state index contributed by atoms with van der Waals surface area (Å²) in [6, 6.07) is 6.08. The normalized spacial score (nSPS) is 23.9. The van der Waals surface area contributed by atoms with Crippen molar-refractivity contribution in [3.63, 3.8) is 0 Å². The van der Waals surface area contributed by atoms with Crippen LogP contribution >= 0.6 is 0 Å². The van der Waals surface area contributed by atoms with Gasteiger partial charge in [-0.05, 0) is 38.3 Å². The Hall–Kier alpha value is -1.15. The van der Waals surface area contributed by atoms with Gasteiger partial charge < -0.3 is 4.74 Å². The van der Waals surface area contributed by atoms with Crippen molar-refractivity contribution >= 4 is 5.78 Å². The molecule has 1 aliphatic heterocycles. The molecule has 0 aliphatic carbocycles. The van der Waals surface area contributed by atoms with Gasteiger partial charge in [-0.2, -0.15) is 0 Å². The zero-order valence-electron chi connectivity index (χ0n) is 10.8. The van der Waals surface area contributed by atoms with Gasteiger partial charge in [0, 0.05) is 12.2 Å². The van der Waals surface area contributed by atoms with E-state index in [0.717, 1.165) is 36.1 Å². The minimum absolute atomic E-state index is 0.0560. The van der Waals surface area contributed by atoms with Crippen LogP contribution in [0.1, 0.15) is 41.3 Å². The number of ketones is 1. The summed E-state index contributed by atoms with van der Waals surface area (Å²) >= 11 is 0. The van der Waals surface area contributed by atoms with E-state index in [2.05, 4.69) is 13.0 Å². The second-order valence-electron chi connectivity index (χ2n) is 4.90. The summed E-state index contributed by atoms with van der Waals surface area (Å²) in [5.41, 5.74) is 3.09. The standard InChI is InChI=1S/C15H20O2/c1-4-14-12(7-8-17-14)15(16)13-9-10(2)5-6-11(13)3/h5-6,9,12,14H,4,7-8H2,1-3H3. The van der Waals surface area contributed by atoms with Crippen molar-refractivity contribution in [2.24, 2.45) is 5.92 Å². The molecule has 17 heavy (non-hydrogen) atoms. The molecule has 1 aromatic rings. The number of ether oxygens (including phenoxy) is 1. The fourth-order valence-electron chi connectivity index (χ4n) is 2.55. The van der Waals surface area contributed by atoms with E-state index >= 15 is 0 Å². The van der Waals surface area contributed by atoms with E-state index in [4.69, 9.17) is 4.74 Å². The first-order valence-corrected chi connectivity index (χ1v) is 6.36. The van der Waals surface area contributed by atoms with Crippen LogP contribution < -0.4 is 0 Å². The topological polar surface area (TPSA) is 26.3 Å². The zero-order chi connectivity index (χ0) is 12.4. The van der Waals surface area contributed by atoms with Crippen LogP contribution in [0.2, 0.25) is 0 Å². The summed E-state index contributed by atoms with van der Waals surface area (Å²) in [6.45, 7) is 6.83. The van der Waals surface area contributed by atoms with Crippen LogP contribution in [-0.2, 0) is 4.74 Å². The third kappa shape index (κ3) is 2.42. The van der Waals surface area contributed by atoms with Crippen molar-refractivity contribution in [3.8, 4) is 0 Å². The van der Waals surface area contributed by atoms with Gasteiger partial charge in [-0.1, -0.05) is 24.6 Å². The molecule has 1 heterocycles. The summed E-state index contributed by atoms with van der Waals surface area (Å²) in [6.07, 6.45) is 1.90. The van der Waals surface area contributed by atoms with Crippen LogP contribution in [0, 0.1) is 19.8 Å². The minimum Gasteiger partial charge on any atom is -0.377 e. The summed E-state index contributed by atoms with van der Waals surface area (Å²) in [5, 5.41) is 0. The van der Waals surface area contributed by atoms with E-state index in [0.29, 0.717) is 0 Å². The molecule has 1 aromatic carbocycles. The fourth-order valence-corrected chi connectivity index (χ4v) is 2.55.